The number of carbonyl (C=O) groups is 2. The number of nitrogens with one attached hydrogen (secondary N) is 1. The maximum atomic E-state index is 12.7. The first kappa shape index (κ1) is 21.9. The smallest absolute Gasteiger partial charge is 0.341 e. The minimum atomic E-state index is -0.372. The number of halogens is 2. The van der Waals surface area contributed by atoms with Gasteiger partial charge in [0.15, 0.2) is 0 Å². The molecule has 1 aliphatic carbocycles. The van der Waals surface area contributed by atoms with Crippen LogP contribution in [0.15, 0.2) is 24.3 Å². The molecule has 0 radical (unpaired) electrons. The van der Waals surface area contributed by atoms with Crippen LogP contribution in [0, 0.1) is 0 Å². The number of rotatable bonds is 5. The third-order valence-electron chi connectivity index (χ3n) is 4.58. The number of aryl methyl sites for hydroxylation is 1. The molecule has 1 amide bonds. The highest BCUT2D eigenvalue weighted by molar-refractivity contribution is 7.17. The summed E-state index contributed by atoms with van der Waals surface area (Å²) in [5, 5.41) is 4.32. The molecular weight excluding hydrogens is 429 g/mol. The van der Waals surface area contributed by atoms with E-state index in [0.29, 0.717) is 20.6 Å². The normalized spacial score (nSPS) is 14.0. The number of thiophene rings is 1. The number of hydrogen-bond acceptors (Lipinski definition) is 4. The van der Waals surface area contributed by atoms with E-state index >= 15 is 0 Å². The second-order valence-electron chi connectivity index (χ2n) is 7.22. The van der Waals surface area contributed by atoms with Crippen molar-refractivity contribution in [1.29, 1.82) is 0 Å². The van der Waals surface area contributed by atoms with E-state index in [4.69, 9.17) is 27.9 Å². The summed E-state index contributed by atoms with van der Waals surface area (Å²) in [6, 6.07) is 5.14. The third kappa shape index (κ3) is 5.62. The molecule has 0 saturated heterocycles. The summed E-state index contributed by atoms with van der Waals surface area (Å²) in [5.74, 6) is -0.686. The summed E-state index contributed by atoms with van der Waals surface area (Å²) < 4.78 is 5.45. The van der Waals surface area contributed by atoms with Gasteiger partial charge in [0, 0.05) is 11.0 Å². The van der Waals surface area contributed by atoms with Crippen molar-refractivity contribution in [2.24, 2.45) is 0 Å². The Bertz CT molecular complexity index is 950. The van der Waals surface area contributed by atoms with Gasteiger partial charge in [0.25, 0.3) is 0 Å². The highest BCUT2D eigenvalue weighted by Crippen LogP contribution is 2.38. The SMILES string of the molecule is CC(C)OC(=O)c1c(NC(=O)C=Cc2ccc(Cl)c(Cl)c2)sc2c1CCCCC2. The van der Waals surface area contributed by atoms with Gasteiger partial charge in [0.2, 0.25) is 5.91 Å². The van der Waals surface area contributed by atoms with Gasteiger partial charge in [0.1, 0.15) is 5.00 Å². The van der Waals surface area contributed by atoms with Crippen molar-refractivity contribution in [2.75, 3.05) is 5.32 Å². The number of anilines is 1. The quantitative estimate of drug-likeness (QED) is 0.318. The van der Waals surface area contributed by atoms with Crippen LogP contribution in [-0.2, 0) is 22.4 Å². The molecule has 29 heavy (non-hydrogen) atoms. The summed E-state index contributed by atoms with van der Waals surface area (Å²) in [6.45, 7) is 3.64. The van der Waals surface area contributed by atoms with Crippen LogP contribution in [0.5, 0.6) is 0 Å². The van der Waals surface area contributed by atoms with Gasteiger partial charge in [0.05, 0.1) is 21.7 Å². The Morgan fingerprint density at radius 3 is 2.62 bits per heavy atom. The molecular formula is C22H23Cl2NO3S. The number of esters is 1. The number of carbonyl (C=O) groups excluding carboxylic acids is 2. The van der Waals surface area contributed by atoms with Gasteiger partial charge < -0.3 is 10.1 Å². The molecule has 1 aliphatic rings. The molecule has 154 valence electrons. The van der Waals surface area contributed by atoms with Crippen molar-refractivity contribution in [3.8, 4) is 0 Å². The highest BCUT2D eigenvalue weighted by Gasteiger charge is 2.27. The van der Waals surface area contributed by atoms with Crippen molar-refractivity contribution < 1.29 is 14.3 Å². The molecule has 4 nitrogen and oxygen atoms in total. The average molecular weight is 452 g/mol. The standard InChI is InChI=1S/C22H23Cl2NO3S/c1-13(2)28-22(27)20-15-6-4-3-5-7-18(15)29-21(20)25-19(26)11-9-14-8-10-16(23)17(24)12-14/h8-13H,3-7H2,1-2H3,(H,25,26). The van der Waals surface area contributed by atoms with Crippen LogP contribution < -0.4 is 5.32 Å². The molecule has 0 aliphatic heterocycles. The van der Waals surface area contributed by atoms with Crippen LogP contribution in [0.3, 0.4) is 0 Å². The second kappa shape index (κ2) is 9.79. The number of ether oxygens (including phenoxy) is 1. The van der Waals surface area contributed by atoms with Crippen molar-refractivity contribution in [2.45, 2.75) is 52.1 Å². The largest absolute Gasteiger partial charge is 0.459 e. The number of fused-ring (bicyclic) bond motifs is 1. The van der Waals surface area contributed by atoms with Crippen molar-refractivity contribution >= 4 is 57.5 Å². The van der Waals surface area contributed by atoms with Crippen LogP contribution >= 0.6 is 34.5 Å². The predicted molar refractivity (Wildman–Crippen MR) is 120 cm³/mol. The van der Waals surface area contributed by atoms with E-state index in [9.17, 15) is 9.59 Å². The van der Waals surface area contributed by atoms with Crippen LogP contribution in [0.4, 0.5) is 5.00 Å². The zero-order chi connectivity index (χ0) is 21.0. The molecule has 0 spiro atoms. The third-order valence-corrected chi connectivity index (χ3v) is 6.52. The fourth-order valence-electron chi connectivity index (χ4n) is 3.26. The molecule has 0 fully saturated rings. The van der Waals surface area contributed by atoms with Gasteiger partial charge in [-0.05, 0) is 68.9 Å². The van der Waals surface area contributed by atoms with E-state index in [1.54, 1.807) is 24.3 Å². The van der Waals surface area contributed by atoms with Gasteiger partial charge in [-0.3, -0.25) is 4.79 Å². The first-order chi connectivity index (χ1) is 13.8. The zero-order valence-corrected chi connectivity index (χ0v) is 18.7. The monoisotopic (exact) mass is 451 g/mol. The molecule has 0 saturated carbocycles. The van der Waals surface area contributed by atoms with Gasteiger partial charge >= 0.3 is 5.97 Å². The molecule has 1 aromatic carbocycles. The molecule has 0 unspecified atom stereocenters. The molecule has 1 N–H and O–H groups in total. The Labute approximate surface area is 184 Å². The van der Waals surface area contributed by atoms with Crippen LogP contribution in [-0.4, -0.2) is 18.0 Å². The summed E-state index contributed by atoms with van der Waals surface area (Å²) in [4.78, 5) is 26.4. The average Bonchev–Trinajstić information content (AvgIpc) is 2.82. The van der Waals surface area contributed by atoms with E-state index < -0.39 is 0 Å². The fourth-order valence-corrected chi connectivity index (χ4v) is 4.85. The van der Waals surface area contributed by atoms with Crippen LogP contribution in [0.2, 0.25) is 10.0 Å². The number of benzene rings is 1. The summed E-state index contributed by atoms with van der Waals surface area (Å²) in [6.07, 6.45) is 7.90. The molecule has 0 atom stereocenters. The maximum absolute atomic E-state index is 12.7. The number of amides is 1. The molecule has 2 aromatic rings. The lowest BCUT2D eigenvalue weighted by molar-refractivity contribution is -0.111. The lowest BCUT2D eigenvalue weighted by atomic mass is 10.1. The Balaban J connectivity index is 1.83. The lowest BCUT2D eigenvalue weighted by Gasteiger charge is -2.11. The van der Waals surface area contributed by atoms with Gasteiger partial charge in [-0.25, -0.2) is 4.79 Å². The zero-order valence-electron chi connectivity index (χ0n) is 16.4. The van der Waals surface area contributed by atoms with E-state index in [-0.39, 0.29) is 18.0 Å². The molecule has 1 aromatic heterocycles. The number of hydrogen-bond donors (Lipinski definition) is 1. The Hall–Kier alpha value is -1.82. The van der Waals surface area contributed by atoms with Crippen LogP contribution in [0.25, 0.3) is 6.08 Å². The minimum Gasteiger partial charge on any atom is -0.459 e. The van der Waals surface area contributed by atoms with Crippen LogP contribution in [0.1, 0.15) is 59.5 Å². The maximum Gasteiger partial charge on any atom is 0.341 e. The van der Waals surface area contributed by atoms with Crippen molar-refractivity contribution in [3.05, 3.63) is 55.9 Å². The van der Waals surface area contributed by atoms with Gasteiger partial charge in [-0.2, -0.15) is 0 Å². The fraction of sp³-hybridized carbons (Fsp3) is 0.364. The molecule has 3 rings (SSSR count). The van der Waals surface area contributed by atoms with Gasteiger partial charge in [-0.15, -0.1) is 11.3 Å². The van der Waals surface area contributed by atoms with Crippen molar-refractivity contribution in [3.63, 3.8) is 0 Å². The van der Waals surface area contributed by atoms with E-state index in [0.717, 1.165) is 43.2 Å². The summed E-state index contributed by atoms with van der Waals surface area (Å²) in [7, 11) is 0. The van der Waals surface area contributed by atoms with E-state index in [2.05, 4.69) is 5.32 Å². The summed E-state index contributed by atoms with van der Waals surface area (Å²) in [5.41, 5.74) is 2.30. The molecule has 7 heteroatoms. The second-order valence-corrected chi connectivity index (χ2v) is 9.14. The lowest BCUT2D eigenvalue weighted by Crippen LogP contribution is -2.16. The molecule has 1 heterocycles. The Morgan fingerprint density at radius 1 is 1.14 bits per heavy atom. The first-order valence-corrected chi connectivity index (χ1v) is 11.2. The van der Waals surface area contributed by atoms with Crippen molar-refractivity contribution in [1.82, 2.24) is 0 Å². The topological polar surface area (TPSA) is 55.4 Å². The summed E-state index contributed by atoms with van der Waals surface area (Å²) >= 11 is 13.4. The molecule has 0 bridgehead atoms. The Morgan fingerprint density at radius 2 is 1.90 bits per heavy atom. The van der Waals surface area contributed by atoms with E-state index in [1.165, 1.54) is 22.3 Å². The Kier molecular flexibility index (Phi) is 7.38. The minimum absolute atomic E-state index is 0.220. The van der Waals surface area contributed by atoms with E-state index in [1.807, 2.05) is 13.8 Å². The first-order valence-electron chi connectivity index (χ1n) is 9.64. The van der Waals surface area contributed by atoms with Gasteiger partial charge in [-0.1, -0.05) is 35.7 Å². The predicted octanol–water partition coefficient (Wildman–Crippen LogP) is 6.54. The highest BCUT2D eigenvalue weighted by atomic mass is 35.5.